The molecule has 0 aliphatic rings. The van der Waals surface area contributed by atoms with E-state index < -0.39 is 5.91 Å². The third-order valence-electron chi connectivity index (χ3n) is 2.81. The maximum atomic E-state index is 13.6. The van der Waals surface area contributed by atoms with E-state index in [0.717, 1.165) is 11.4 Å². The van der Waals surface area contributed by atoms with Gasteiger partial charge in [0.15, 0.2) is 0 Å². The van der Waals surface area contributed by atoms with E-state index in [4.69, 9.17) is 5.73 Å². The summed E-state index contributed by atoms with van der Waals surface area (Å²) in [5.74, 6) is -0.946. The molecule has 0 aliphatic heterocycles. The van der Waals surface area contributed by atoms with Gasteiger partial charge in [-0.05, 0) is 25.1 Å². The van der Waals surface area contributed by atoms with Crippen molar-refractivity contribution in [1.82, 2.24) is 9.78 Å². The number of nitrogens with two attached hydrogens (primary N) is 1. The molecule has 1 heterocycles. The molecule has 1 amide bonds. The Balaban J connectivity index is 2.17. The number of rotatable bonds is 4. The van der Waals surface area contributed by atoms with Crippen molar-refractivity contribution in [3.63, 3.8) is 0 Å². The zero-order chi connectivity index (χ0) is 14.0. The zero-order valence-electron chi connectivity index (χ0n) is 10.8. The molecule has 1 aromatic heterocycles. The molecule has 0 atom stereocenters. The number of aryl methyl sites for hydroxylation is 2. The van der Waals surface area contributed by atoms with Gasteiger partial charge in [-0.25, -0.2) is 4.39 Å². The predicted molar refractivity (Wildman–Crippen MR) is 70.2 cm³/mol. The van der Waals surface area contributed by atoms with Crippen LogP contribution in [0.5, 0.6) is 0 Å². The number of carbonyl (C=O) groups excluding carboxylic acids is 1. The van der Waals surface area contributed by atoms with Gasteiger partial charge in [-0.3, -0.25) is 9.48 Å². The topological polar surface area (TPSA) is 72.9 Å². The fraction of sp³-hybridized carbons (Fsp3) is 0.231. The van der Waals surface area contributed by atoms with Crippen LogP contribution in [-0.2, 0) is 13.6 Å². The number of benzene rings is 1. The molecule has 0 spiro atoms. The minimum atomic E-state index is -0.571. The largest absolute Gasteiger partial charge is 0.378 e. The Kier molecular flexibility index (Phi) is 3.50. The summed E-state index contributed by atoms with van der Waals surface area (Å²) in [6, 6.07) is 4.07. The van der Waals surface area contributed by atoms with Crippen molar-refractivity contribution < 1.29 is 9.18 Å². The number of hydrogen-bond acceptors (Lipinski definition) is 3. The second-order valence-corrected chi connectivity index (χ2v) is 4.33. The third-order valence-corrected chi connectivity index (χ3v) is 2.81. The van der Waals surface area contributed by atoms with Crippen molar-refractivity contribution in [2.24, 2.45) is 12.8 Å². The highest BCUT2D eigenvalue weighted by atomic mass is 19.1. The van der Waals surface area contributed by atoms with Crippen molar-refractivity contribution in [2.45, 2.75) is 13.5 Å². The average Bonchev–Trinajstić information content (AvgIpc) is 2.66. The lowest BCUT2D eigenvalue weighted by molar-refractivity contribution is 0.1000. The molecule has 6 heteroatoms. The van der Waals surface area contributed by atoms with Gasteiger partial charge in [0, 0.05) is 30.9 Å². The predicted octanol–water partition coefficient (Wildman–Crippen LogP) is 1.58. The summed E-state index contributed by atoms with van der Waals surface area (Å²) in [5, 5.41) is 7.26. The fourth-order valence-corrected chi connectivity index (χ4v) is 1.83. The van der Waals surface area contributed by atoms with Crippen LogP contribution in [0, 0.1) is 12.7 Å². The number of hydrogen-bond donors (Lipinski definition) is 2. The van der Waals surface area contributed by atoms with Gasteiger partial charge in [-0.1, -0.05) is 0 Å². The lowest BCUT2D eigenvalue weighted by atomic mass is 10.1. The second kappa shape index (κ2) is 5.09. The first-order valence-corrected chi connectivity index (χ1v) is 5.79. The molecular formula is C13H15FN4O. The molecule has 0 unspecified atom stereocenters. The van der Waals surface area contributed by atoms with Gasteiger partial charge in [0.2, 0.25) is 5.91 Å². The minimum absolute atomic E-state index is 0.263. The maximum Gasteiger partial charge on any atom is 0.248 e. The van der Waals surface area contributed by atoms with Gasteiger partial charge >= 0.3 is 0 Å². The highest BCUT2D eigenvalue weighted by Gasteiger charge is 2.08. The first kappa shape index (κ1) is 13.1. The minimum Gasteiger partial charge on any atom is -0.378 e. The third kappa shape index (κ3) is 2.90. The molecule has 2 rings (SSSR count). The number of anilines is 1. The van der Waals surface area contributed by atoms with Crippen molar-refractivity contribution in [3.05, 3.63) is 47.0 Å². The Morgan fingerprint density at radius 3 is 2.84 bits per heavy atom. The zero-order valence-corrected chi connectivity index (χ0v) is 10.8. The Bertz CT molecular complexity index is 621. The smallest absolute Gasteiger partial charge is 0.248 e. The summed E-state index contributed by atoms with van der Waals surface area (Å²) >= 11 is 0. The van der Waals surface area contributed by atoms with Crippen molar-refractivity contribution in [2.75, 3.05) is 5.32 Å². The summed E-state index contributed by atoms with van der Waals surface area (Å²) in [7, 11) is 1.81. The Hall–Kier alpha value is -2.37. The molecule has 0 aliphatic carbocycles. The standard InChI is InChI=1S/C13H15FN4O/c1-8-12(7-18(2)17-8)16-6-10-5-9(13(15)19)3-4-11(10)14/h3-5,7,16H,6H2,1-2H3,(H2,15,19). The van der Waals surface area contributed by atoms with Crippen molar-refractivity contribution in [1.29, 1.82) is 0 Å². The Morgan fingerprint density at radius 2 is 2.26 bits per heavy atom. The van der Waals surface area contributed by atoms with E-state index in [1.54, 1.807) is 4.68 Å². The lowest BCUT2D eigenvalue weighted by Crippen LogP contribution is -2.12. The van der Waals surface area contributed by atoms with E-state index in [1.807, 2.05) is 20.2 Å². The van der Waals surface area contributed by atoms with Gasteiger partial charge in [0.05, 0.1) is 11.4 Å². The van der Waals surface area contributed by atoms with Gasteiger partial charge in [0.25, 0.3) is 0 Å². The molecule has 19 heavy (non-hydrogen) atoms. The van der Waals surface area contributed by atoms with Crippen LogP contribution in [0.1, 0.15) is 21.6 Å². The molecule has 0 bridgehead atoms. The number of amides is 1. The maximum absolute atomic E-state index is 13.6. The van der Waals surface area contributed by atoms with E-state index in [2.05, 4.69) is 10.4 Å². The van der Waals surface area contributed by atoms with Crippen LogP contribution >= 0.6 is 0 Å². The van der Waals surface area contributed by atoms with E-state index in [-0.39, 0.29) is 12.4 Å². The second-order valence-electron chi connectivity index (χ2n) is 4.33. The Morgan fingerprint density at radius 1 is 1.53 bits per heavy atom. The van der Waals surface area contributed by atoms with E-state index in [0.29, 0.717) is 11.1 Å². The number of primary amides is 1. The van der Waals surface area contributed by atoms with Crippen LogP contribution in [0.15, 0.2) is 24.4 Å². The van der Waals surface area contributed by atoms with Crippen LogP contribution in [0.2, 0.25) is 0 Å². The van der Waals surface area contributed by atoms with Crippen LogP contribution < -0.4 is 11.1 Å². The van der Waals surface area contributed by atoms with Crippen LogP contribution in [-0.4, -0.2) is 15.7 Å². The molecule has 100 valence electrons. The fourth-order valence-electron chi connectivity index (χ4n) is 1.83. The first-order chi connectivity index (χ1) is 8.97. The monoisotopic (exact) mass is 262 g/mol. The molecular weight excluding hydrogens is 247 g/mol. The van der Waals surface area contributed by atoms with Crippen LogP contribution in [0.3, 0.4) is 0 Å². The number of nitrogens with one attached hydrogen (secondary N) is 1. The molecule has 5 nitrogen and oxygen atoms in total. The number of halogens is 1. The van der Waals surface area contributed by atoms with Gasteiger partial charge < -0.3 is 11.1 Å². The van der Waals surface area contributed by atoms with Crippen LogP contribution in [0.25, 0.3) is 0 Å². The normalized spacial score (nSPS) is 10.5. The highest BCUT2D eigenvalue weighted by Crippen LogP contribution is 2.16. The summed E-state index contributed by atoms with van der Waals surface area (Å²) < 4.78 is 15.3. The molecule has 0 saturated carbocycles. The summed E-state index contributed by atoms with van der Waals surface area (Å²) in [5.41, 5.74) is 7.51. The summed E-state index contributed by atoms with van der Waals surface area (Å²) in [6.07, 6.45) is 1.81. The number of nitrogens with zero attached hydrogens (tertiary/aromatic N) is 2. The van der Waals surface area contributed by atoms with Crippen molar-refractivity contribution >= 4 is 11.6 Å². The van der Waals surface area contributed by atoms with Gasteiger partial charge in [0.1, 0.15) is 5.82 Å². The quantitative estimate of drug-likeness (QED) is 0.878. The number of aromatic nitrogens is 2. The summed E-state index contributed by atoms with van der Waals surface area (Å²) in [6.45, 7) is 2.12. The van der Waals surface area contributed by atoms with E-state index in [1.165, 1.54) is 18.2 Å². The van der Waals surface area contributed by atoms with E-state index in [9.17, 15) is 9.18 Å². The molecule has 0 fully saturated rings. The van der Waals surface area contributed by atoms with Gasteiger partial charge in [-0.2, -0.15) is 5.10 Å². The molecule has 0 saturated heterocycles. The lowest BCUT2D eigenvalue weighted by Gasteiger charge is -2.07. The first-order valence-electron chi connectivity index (χ1n) is 5.79. The number of carbonyl (C=O) groups is 1. The van der Waals surface area contributed by atoms with E-state index >= 15 is 0 Å². The van der Waals surface area contributed by atoms with Gasteiger partial charge in [-0.15, -0.1) is 0 Å². The van der Waals surface area contributed by atoms with Crippen molar-refractivity contribution in [3.8, 4) is 0 Å². The summed E-state index contributed by atoms with van der Waals surface area (Å²) in [4.78, 5) is 11.1. The molecule has 2 aromatic rings. The Labute approximate surface area is 110 Å². The van der Waals surface area contributed by atoms with Crippen LogP contribution in [0.4, 0.5) is 10.1 Å². The SMILES string of the molecule is Cc1nn(C)cc1NCc1cc(C(N)=O)ccc1F. The molecule has 3 N–H and O–H groups in total. The molecule has 0 radical (unpaired) electrons. The molecule has 1 aromatic carbocycles. The highest BCUT2D eigenvalue weighted by molar-refractivity contribution is 5.92. The average molecular weight is 262 g/mol.